The highest BCUT2D eigenvalue weighted by Gasteiger charge is 2.11. The van der Waals surface area contributed by atoms with Crippen LogP contribution in [0.2, 0.25) is 0 Å². The summed E-state index contributed by atoms with van der Waals surface area (Å²) >= 11 is 5.20. The number of hydrogen-bond donors (Lipinski definition) is 2. The Labute approximate surface area is 112 Å². The summed E-state index contributed by atoms with van der Waals surface area (Å²) in [5, 5.41) is 2.07. The van der Waals surface area contributed by atoms with Gasteiger partial charge in [-0.05, 0) is 31.0 Å². The molecule has 0 radical (unpaired) electrons. The van der Waals surface area contributed by atoms with Crippen molar-refractivity contribution in [3.05, 3.63) is 29.3 Å². The third-order valence-electron chi connectivity index (χ3n) is 2.47. The fourth-order valence-electron chi connectivity index (χ4n) is 1.29. The van der Waals surface area contributed by atoms with Crippen molar-refractivity contribution in [2.75, 3.05) is 17.1 Å². The Balaban J connectivity index is 2.63. The van der Waals surface area contributed by atoms with Gasteiger partial charge >= 0.3 is 0 Å². The first-order valence-electron chi connectivity index (χ1n) is 5.25. The molecule has 0 saturated carbocycles. The first kappa shape index (κ1) is 14.9. The van der Waals surface area contributed by atoms with E-state index in [1.54, 1.807) is 6.07 Å². The number of carbonyl (C=O) groups excluding carboxylic acids is 1. The first-order valence-corrected chi connectivity index (χ1v) is 7.44. The molecular formula is C11H15ClN2O3S. The molecule has 18 heavy (non-hydrogen) atoms. The summed E-state index contributed by atoms with van der Waals surface area (Å²) in [5.74, 6) is -0.433. The van der Waals surface area contributed by atoms with Gasteiger partial charge in [0, 0.05) is 5.69 Å². The Hall–Kier alpha value is -1.11. The molecule has 0 bridgehead atoms. The van der Waals surface area contributed by atoms with Crippen LogP contribution in [0.3, 0.4) is 0 Å². The molecule has 0 aliphatic heterocycles. The number of aryl methyl sites for hydroxylation is 1. The van der Waals surface area contributed by atoms with Crippen molar-refractivity contribution in [1.29, 1.82) is 0 Å². The van der Waals surface area contributed by atoms with Crippen molar-refractivity contribution in [3.8, 4) is 0 Å². The molecule has 0 aliphatic rings. The molecule has 0 aliphatic carbocycles. The number of benzene rings is 1. The molecule has 1 aromatic rings. The Morgan fingerprint density at radius 1 is 1.33 bits per heavy atom. The highest BCUT2D eigenvalue weighted by Crippen LogP contribution is 2.17. The molecule has 0 saturated heterocycles. The zero-order chi connectivity index (χ0) is 13.8. The van der Waals surface area contributed by atoms with E-state index in [2.05, 4.69) is 10.0 Å². The Morgan fingerprint density at radius 2 is 2.00 bits per heavy atom. The third-order valence-corrected chi connectivity index (χ3v) is 4.21. The Morgan fingerprint density at radius 3 is 2.61 bits per heavy atom. The fourth-order valence-corrected chi connectivity index (χ4v) is 1.95. The molecule has 0 unspecified atom stereocenters. The molecule has 0 heterocycles. The second kappa shape index (κ2) is 6.17. The van der Waals surface area contributed by atoms with Crippen LogP contribution in [0.25, 0.3) is 0 Å². The van der Waals surface area contributed by atoms with Crippen molar-refractivity contribution >= 4 is 33.2 Å². The minimum absolute atomic E-state index is 0.331. The van der Waals surface area contributed by atoms with Gasteiger partial charge in [0.2, 0.25) is 15.9 Å². The molecule has 100 valence electrons. The van der Waals surface area contributed by atoms with Crippen LogP contribution in [0.5, 0.6) is 0 Å². The van der Waals surface area contributed by atoms with Crippen molar-refractivity contribution in [3.63, 3.8) is 0 Å². The van der Waals surface area contributed by atoms with Gasteiger partial charge in [0.05, 0.1) is 6.54 Å². The van der Waals surface area contributed by atoms with Gasteiger partial charge in [0.15, 0.2) is 0 Å². The van der Waals surface area contributed by atoms with Crippen molar-refractivity contribution in [2.45, 2.75) is 13.8 Å². The lowest BCUT2D eigenvalue weighted by molar-refractivity contribution is -0.115. The van der Waals surface area contributed by atoms with Gasteiger partial charge in [-0.2, -0.15) is 0 Å². The van der Waals surface area contributed by atoms with Crippen LogP contribution in [-0.4, -0.2) is 26.1 Å². The highest BCUT2D eigenvalue weighted by molar-refractivity contribution is 7.90. The molecule has 0 aromatic heterocycles. The third kappa shape index (κ3) is 4.29. The van der Waals surface area contributed by atoms with E-state index >= 15 is 0 Å². The van der Waals surface area contributed by atoms with Crippen molar-refractivity contribution in [2.24, 2.45) is 0 Å². The lowest BCUT2D eigenvalue weighted by Gasteiger charge is -2.10. The summed E-state index contributed by atoms with van der Waals surface area (Å²) in [5.41, 5.74) is 2.67. The van der Waals surface area contributed by atoms with E-state index in [9.17, 15) is 13.2 Å². The van der Waals surface area contributed by atoms with Gasteiger partial charge in [-0.1, -0.05) is 12.1 Å². The van der Waals surface area contributed by atoms with Crippen LogP contribution in [0.15, 0.2) is 18.2 Å². The van der Waals surface area contributed by atoms with E-state index in [1.807, 2.05) is 26.0 Å². The standard InChI is InChI=1S/C11H15ClN2O3S/c1-8-4-3-5-10(9(8)2)14-11(15)6-13-18(16,17)7-12/h3-5,13H,6-7H2,1-2H3,(H,14,15). The highest BCUT2D eigenvalue weighted by atomic mass is 35.5. The number of carbonyl (C=O) groups is 1. The van der Waals surface area contributed by atoms with E-state index in [-0.39, 0.29) is 6.54 Å². The minimum Gasteiger partial charge on any atom is -0.325 e. The quantitative estimate of drug-likeness (QED) is 0.804. The number of hydrogen-bond acceptors (Lipinski definition) is 3. The summed E-state index contributed by atoms with van der Waals surface area (Å²) in [4.78, 5) is 11.6. The number of halogens is 1. The second-order valence-corrected chi connectivity index (χ2v) is 6.23. The number of anilines is 1. The van der Waals surface area contributed by atoms with Crippen molar-refractivity contribution < 1.29 is 13.2 Å². The lowest BCUT2D eigenvalue weighted by Crippen LogP contribution is -2.33. The van der Waals surface area contributed by atoms with E-state index in [1.165, 1.54) is 0 Å². The number of amides is 1. The second-order valence-electron chi connectivity index (χ2n) is 3.84. The van der Waals surface area contributed by atoms with Crippen LogP contribution in [0.1, 0.15) is 11.1 Å². The maximum absolute atomic E-state index is 11.6. The van der Waals surface area contributed by atoms with Gasteiger partial charge in [-0.3, -0.25) is 4.79 Å². The Bertz CT molecular complexity index is 543. The zero-order valence-corrected chi connectivity index (χ0v) is 11.7. The van der Waals surface area contributed by atoms with Crippen LogP contribution >= 0.6 is 11.6 Å². The maximum atomic E-state index is 11.6. The molecule has 7 heteroatoms. The molecular weight excluding hydrogens is 276 g/mol. The number of rotatable bonds is 5. The van der Waals surface area contributed by atoms with E-state index in [0.29, 0.717) is 5.69 Å². The summed E-state index contributed by atoms with van der Waals surface area (Å²) in [6.07, 6.45) is 0. The first-order chi connectivity index (χ1) is 8.35. The van der Waals surface area contributed by atoms with Gasteiger partial charge in [-0.15, -0.1) is 11.6 Å². The monoisotopic (exact) mass is 290 g/mol. The SMILES string of the molecule is Cc1cccc(NC(=O)CNS(=O)(=O)CCl)c1C. The average molecular weight is 291 g/mol. The number of sulfonamides is 1. The lowest BCUT2D eigenvalue weighted by atomic mass is 10.1. The van der Waals surface area contributed by atoms with Crippen LogP contribution in [-0.2, 0) is 14.8 Å². The van der Waals surface area contributed by atoms with Crippen LogP contribution in [0, 0.1) is 13.8 Å². The van der Waals surface area contributed by atoms with E-state index < -0.39 is 21.1 Å². The average Bonchev–Trinajstić information content (AvgIpc) is 2.33. The summed E-state index contributed by atoms with van der Waals surface area (Å²) in [7, 11) is -3.57. The zero-order valence-electron chi connectivity index (χ0n) is 10.2. The van der Waals surface area contributed by atoms with Crippen LogP contribution in [0.4, 0.5) is 5.69 Å². The molecule has 5 nitrogen and oxygen atoms in total. The molecule has 2 N–H and O–H groups in total. The molecule has 0 atom stereocenters. The van der Waals surface area contributed by atoms with E-state index in [4.69, 9.17) is 11.6 Å². The van der Waals surface area contributed by atoms with Gasteiger partial charge in [0.25, 0.3) is 0 Å². The van der Waals surface area contributed by atoms with Crippen LogP contribution < -0.4 is 10.0 Å². The predicted molar refractivity (Wildman–Crippen MR) is 72.2 cm³/mol. The minimum atomic E-state index is -3.57. The molecule has 1 aromatic carbocycles. The summed E-state index contributed by atoms with van der Waals surface area (Å²) < 4.78 is 24.2. The summed E-state index contributed by atoms with van der Waals surface area (Å²) in [6, 6.07) is 5.51. The normalized spacial score (nSPS) is 11.3. The summed E-state index contributed by atoms with van der Waals surface area (Å²) in [6.45, 7) is 3.48. The molecule has 1 amide bonds. The molecule has 1 rings (SSSR count). The van der Waals surface area contributed by atoms with Gasteiger partial charge < -0.3 is 5.32 Å². The van der Waals surface area contributed by atoms with Gasteiger partial charge in [-0.25, -0.2) is 13.1 Å². The van der Waals surface area contributed by atoms with Gasteiger partial charge in [0.1, 0.15) is 5.21 Å². The maximum Gasteiger partial charge on any atom is 0.239 e. The largest absolute Gasteiger partial charge is 0.325 e. The number of alkyl halides is 1. The predicted octanol–water partition coefficient (Wildman–Crippen LogP) is 1.36. The smallest absolute Gasteiger partial charge is 0.239 e. The Kier molecular flexibility index (Phi) is 5.13. The fraction of sp³-hybridized carbons (Fsp3) is 0.364. The van der Waals surface area contributed by atoms with Crippen molar-refractivity contribution in [1.82, 2.24) is 4.72 Å². The molecule has 0 spiro atoms. The number of nitrogens with one attached hydrogen (secondary N) is 2. The molecule has 0 fully saturated rings. The van der Waals surface area contributed by atoms with E-state index in [0.717, 1.165) is 11.1 Å². The topological polar surface area (TPSA) is 75.3 Å².